The molecular weight excluding hydrogens is 310 g/mol. The molecule has 0 aliphatic carbocycles. The number of sulfonamides is 1. The van der Waals surface area contributed by atoms with E-state index in [0.29, 0.717) is 12.3 Å². The van der Waals surface area contributed by atoms with Crippen molar-refractivity contribution in [3.05, 3.63) is 35.9 Å². The van der Waals surface area contributed by atoms with Gasteiger partial charge in [0.1, 0.15) is 0 Å². The fourth-order valence-electron chi connectivity index (χ4n) is 3.28. The minimum absolute atomic E-state index is 0.00216. The van der Waals surface area contributed by atoms with Gasteiger partial charge in [-0.05, 0) is 26.1 Å². The van der Waals surface area contributed by atoms with E-state index in [1.54, 1.807) is 0 Å². The maximum atomic E-state index is 12.1. The molecule has 0 unspecified atom stereocenters. The fraction of sp³-hybridized carbons (Fsp3) is 0.647. The monoisotopic (exact) mass is 339 g/mol. The molecule has 0 bridgehead atoms. The van der Waals surface area contributed by atoms with Crippen LogP contribution in [-0.2, 0) is 16.6 Å². The Kier molecular flexibility index (Phi) is 6.59. The lowest BCUT2D eigenvalue weighted by atomic mass is 10.0. The molecule has 1 saturated heterocycles. The molecular formula is C17H29N3O2S. The number of likely N-dealkylation sites (tertiary alicyclic amines) is 1. The molecule has 1 aromatic carbocycles. The maximum absolute atomic E-state index is 12.1. The van der Waals surface area contributed by atoms with Gasteiger partial charge in [-0.2, -0.15) is 0 Å². The van der Waals surface area contributed by atoms with Gasteiger partial charge in [0.2, 0.25) is 10.0 Å². The Labute approximate surface area is 140 Å². The van der Waals surface area contributed by atoms with E-state index >= 15 is 0 Å². The smallest absolute Gasteiger partial charge is 0.211 e. The van der Waals surface area contributed by atoms with Crippen LogP contribution >= 0.6 is 0 Å². The Hall–Kier alpha value is -0.950. The molecule has 2 atom stereocenters. The predicted octanol–water partition coefficient (Wildman–Crippen LogP) is 1.38. The molecule has 1 aliphatic heterocycles. The van der Waals surface area contributed by atoms with Gasteiger partial charge in [0.15, 0.2) is 0 Å². The van der Waals surface area contributed by atoms with Gasteiger partial charge in [-0.1, -0.05) is 37.3 Å². The van der Waals surface area contributed by atoms with Crippen LogP contribution in [0.15, 0.2) is 30.3 Å². The summed E-state index contributed by atoms with van der Waals surface area (Å²) in [6.45, 7) is 5.36. The Morgan fingerprint density at radius 3 is 2.52 bits per heavy atom. The van der Waals surface area contributed by atoms with Gasteiger partial charge in [-0.25, -0.2) is 13.1 Å². The SMILES string of the molecule is CCCS(=O)(=O)N[C@@H]1CN(Cc2ccccc2)C[C@H]1CN(C)C. The van der Waals surface area contributed by atoms with Gasteiger partial charge in [-0.15, -0.1) is 0 Å². The highest BCUT2D eigenvalue weighted by Crippen LogP contribution is 2.21. The second-order valence-corrected chi connectivity index (χ2v) is 8.62. The summed E-state index contributed by atoms with van der Waals surface area (Å²) in [6.07, 6.45) is 0.647. The Balaban J connectivity index is 2.03. The first kappa shape index (κ1) is 18.4. The fourth-order valence-corrected chi connectivity index (χ4v) is 4.66. The van der Waals surface area contributed by atoms with E-state index < -0.39 is 10.0 Å². The quantitative estimate of drug-likeness (QED) is 0.777. The maximum Gasteiger partial charge on any atom is 0.211 e. The molecule has 1 heterocycles. The first-order valence-electron chi connectivity index (χ1n) is 8.30. The van der Waals surface area contributed by atoms with Crippen LogP contribution in [0.1, 0.15) is 18.9 Å². The van der Waals surface area contributed by atoms with Crippen LogP contribution in [-0.4, -0.2) is 63.7 Å². The van der Waals surface area contributed by atoms with Crippen molar-refractivity contribution < 1.29 is 8.42 Å². The van der Waals surface area contributed by atoms with E-state index in [4.69, 9.17) is 0 Å². The Morgan fingerprint density at radius 1 is 1.22 bits per heavy atom. The first-order valence-corrected chi connectivity index (χ1v) is 9.96. The molecule has 0 saturated carbocycles. The van der Waals surface area contributed by atoms with Crippen molar-refractivity contribution in [1.29, 1.82) is 0 Å². The van der Waals surface area contributed by atoms with E-state index in [1.165, 1.54) is 5.56 Å². The van der Waals surface area contributed by atoms with Crippen LogP contribution in [0, 0.1) is 5.92 Å². The third-order valence-corrected chi connectivity index (χ3v) is 5.78. The molecule has 2 rings (SSSR count). The molecule has 23 heavy (non-hydrogen) atoms. The summed E-state index contributed by atoms with van der Waals surface area (Å²) in [5.41, 5.74) is 1.27. The van der Waals surface area contributed by atoms with Crippen molar-refractivity contribution in [2.75, 3.05) is 39.5 Å². The van der Waals surface area contributed by atoms with Crippen molar-refractivity contribution in [2.45, 2.75) is 25.9 Å². The van der Waals surface area contributed by atoms with Crippen LogP contribution < -0.4 is 4.72 Å². The topological polar surface area (TPSA) is 52.7 Å². The summed E-state index contributed by atoms with van der Waals surface area (Å²) in [5, 5.41) is 0. The van der Waals surface area contributed by atoms with Gasteiger partial charge >= 0.3 is 0 Å². The van der Waals surface area contributed by atoms with Crippen molar-refractivity contribution in [1.82, 2.24) is 14.5 Å². The second-order valence-electron chi connectivity index (χ2n) is 6.75. The Morgan fingerprint density at radius 2 is 1.91 bits per heavy atom. The van der Waals surface area contributed by atoms with Crippen LogP contribution in [0.3, 0.4) is 0 Å². The van der Waals surface area contributed by atoms with Gasteiger partial charge in [0.25, 0.3) is 0 Å². The third-order valence-electron chi connectivity index (χ3n) is 4.17. The number of benzene rings is 1. The number of nitrogens with zero attached hydrogens (tertiary/aromatic N) is 2. The largest absolute Gasteiger partial charge is 0.309 e. The van der Waals surface area contributed by atoms with Crippen molar-refractivity contribution in [3.8, 4) is 0 Å². The average molecular weight is 340 g/mol. The van der Waals surface area contributed by atoms with Crippen LogP contribution in [0.5, 0.6) is 0 Å². The zero-order chi connectivity index (χ0) is 16.9. The molecule has 130 valence electrons. The second kappa shape index (κ2) is 8.24. The molecule has 5 nitrogen and oxygen atoms in total. The van der Waals surface area contributed by atoms with E-state index in [2.05, 4.69) is 26.7 Å². The van der Waals surface area contributed by atoms with E-state index in [-0.39, 0.29) is 11.8 Å². The summed E-state index contributed by atoms with van der Waals surface area (Å²) in [5.74, 6) is 0.525. The van der Waals surface area contributed by atoms with Crippen LogP contribution in [0.4, 0.5) is 0 Å². The zero-order valence-corrected chi connectivity index (χ0v) is 15.2. The molecule has 0 amide bonds. The number of rotatable bonds is 8. The number of hydrogen-bond donors (Lipinski definition) is 1. The van der Waals surface area contributed by atoms with Crippen molar-refractivity contribution >= 4 is 10.0 Å². The number of nitrogens with one attached hydrogen (secondary N) is 1. The lowest BCUT2D eigenvalue weighted by Crippen LogP contribution is -2.44. The van der Waals surface area contributed by atoms with Crippen molar-refractivity contribution in [3.63, 3.8) is 0 Å². The highest BCUT2D eigenvalue weighted by Gasteiger charge is 2.35. The molecule has 1 fully saturated rings. The van der Waals surface area contributed by atoms with E-state index in [0.717, 1.165) is 26.2 Å². The summed E-state index contributed by atoms with van der Waals surface area (Å²) < 4.78 is 27.2. The van der Waals surface area contributed by atoms with Gasteiger partial charge < -0.3 is 4.90 Å². The van der Waals surface area contributed by atoms with E-state index in [9.17, 15) is 8.42 Å². The van der Waals surface area contributed by atoms with Crippen LogP contribution in [0.25, 0.3) is 0 Å². The summed E-state index contributed by atoms with van der Waals surface area (Å²) in [6, 6.07) is 10.3. The average Bonchev–Trinajstić information content (AvgIpc) is 2.79. The molecule has 1 aliphatic rings. The van der Waals surface area contributed by atoms with Crippen LogP contribution in [0.2, 0.25) is 0 Å². The van der Waals surface area contributed by atoms with E-state index in [1.807, 2.05) is 39.2 Å². The molecule has 1 aromatic rings. The van der Waals surface area contributed by atoms with Gasteiger partial charge in [0.05, 0.1) is 5.75 Å². The van der Waals surface area contributed by atoms with Gasteiger partial charge in [-0.3, -0.25) is 4.90 Å². The van der Waals surface area contributed by atoms with Crippen molar-refractivity contribution in [2.24, 2.45) is 5.92 Å². The molecule has 0 aromatic heterocycles. The third kappa shape index (κ3) is 5.88. The van der Waals surface area contributed by atoms with Gasteiger partial charge in [0, 0.05) is 38.1 Å². The summed E-state index contributed by atoms with van der Waals surface area (Å²) in [7, 11) is 0.903. The normalized spacial score (nSPS) is 22.8. The number of hydrogen-bond acceptors (Lipinski definition) is 4. The predicted molar refractivity (Wildman–Crippen MR) is 94.8 cm³/mol. The molecule has 6 heteroatoms. The molecule has 0 radical (unpaired) electrons. The summed E-state index contributed by atoms with van der Waals surface area (Å²) >= 11 is 0. The lowest BCUT2D eigenvalue weighted by molar-refractivity contribution is 0.283. The molecule has 0 spiro atoms. The standard InChI is InChI=1S/C17H29N3O2S/c1-4-10-23(21,22)18-17-14-20(13-16(17)12-19(2)3)11-15-8-6-5-7-9-15/h5-9,16-18H,4,10-14H2,1-3H3/t16-,17-/m1/s1. The Bertz CT molecular complexity index is 575. The minimum atomic E-state index is -3.18. The first-order chi connectivity index (χ1) is 10.9. The zero-order valence-electron chi connectivity index (χ0n) is 14.4. The summed E-state index contributed by atoms with van der Waals surface area (Å²) in [4.78, 5) is 4.49. The minimum Gasteiger partial charge on any atom is -0.309 e. The lowest BCUT2D eigenvalue weighted by Gasteiger charge is -2.22. The highest BCUT2D eigenvalue weighted by molar-refractivity contribution is 7.89. The molecule has 1 N–H and O–H groups in total. The highest BCUT2D eigenvalue weighted by atomic mass is 32.2.